The fourth-order valence-corrected chi connectivity index (χ4v) is 3.79. The first-order valence-corrected chi connectivity index (χ1v) is 9.70. The Kier molecular flexibility index (Phi) is 8.23. The van der Waals surface area contributed by atoms with Gasteiger partial charge in [-0.3, -0.25) is 0 Å². The van der Waals surface area contributed by atoms with Gasteiger partial charge in [0.2, 0.25) is 0 Å². The number of likely N-dealkylation sites (N-methyl/N-ethyl adjacent to an activating group) is 1. The number of likely N-dealkylation sites (tertiary alicyclic amines) is 1. The Morgan fingerprint density at radius 2 is 1.79 bits per heavy atom. The third kappa shape index (κ3) is 7.33. The average Bonchev–Trinajstić information content (AvgIpc) is 2.54. The predicted octanol–water partition coefficient (Wildman–Crippen LogP) is 3.26. The van der Waals surface area contributed by atoms with Crippen LogP contribution in [-0.2, 0) is 6.42 Å². The highest BCUT2D eigenvalue weighted by molar-refractivity contribution is 5.14. The van der Waals surface area contributed by atoms with E-state index in [4.69, 9.17) is 0 Å². The van der Waals surface area contributed by atoms with Crippen LogP contribution in [0, 0.1) is 5.92 Å². The van der Waals surface area contributed by atoms with E-state index in [1.54, 1.807) is 0 Å². The minimum absolute atomic E-state index is 0.626. The lowest BCUT2D eigenvalue weighted by molar-refractivity contribution is 0.181. The van der Waals surface area contributed by atoms with E-state index < -0.39 is 0 Å². The highest BCUT2D eigenvalue weighted by Gasteiger charge is 2.22. The zero-order valence-corrected chi connectivity index (χ0v) is 16.2. The lowest BCUT2D eigenvalue weighted by Gasteiger charge is -2.35. The molecule has 0 bridgehead atoms. The number of hydrogen-bond donors (Lipinski definition) is 1. The molecule has 3 nitrogen and oxygen atoms in total. The van der Waals surface area contributed by atoms with Crippen LogP contribution in [0.15, 0.2) is 30.3 Å². The quantitative estimate of drug-likeness (QED) is 0.749. The van der Waals surface area contributed by atoms with Crippen LogP contribution in [0.4, 0.5) is 0 Å². The fourth-order valence-electron chi connectivity index (χ4n) is 3.79. The highest BCUT2D eigenvalue weighted by atomic mass is 15.2. The van der Waals surface area contributed by atoms with E-state index in [2.05, 4.69) is 73.4 Å². The Hall–Kier alpha value is -0.900. The van der Waals surface area contributed by atoms with Gasteiger partial charge in [-0.25, -0.2) is 0 Å². The lowest BCUT2D eigenvalue weighted by Crippen LogP contribution is -2.49. The SMILES string of the molecule is CC(C)CC(CN(C)C)NC1CCN(CCc2ccccc2)CC1. The van der Waals surface area contributed by atoms with Gasteiger partial charge < -0.3 is 15.1 Å². The van der Waals surface area contributed by atoms with Crippen molar-refractivity contribution in [1.29, 1.82) is 0 Å². The lowest BCUT2D eigenvalue weighted by atomic mass is 9.99. The van der Waals surface area contributed by atoms with Gasteiger partial charge >= 0.3 is 0 Å². The maximum absolute atomic E-state index is 3.94. The van der Waals surface area contributed by atoms with Gasteiger partial charge in [-0.1, -0.05) is 44.2 Å². The number of benzene rings is 1. The molecule has 0 saturated carbocycles. The largest absolute Gasteiger partial charge is 0.310 e. The highest BCUT2D eigenvalue weighted by Crippen LogP contribution is 2.14. The van der Waals surface area contributed by atoms with Gasteiger partial charge in [0, 0.05) is 25.2 Å². The third-order valence-corrected chi connectivity index (χ3v) is 4.96. The summed E-state index contributed by atoms with van der Waals surface area (Å²) < 4.78 is 0. The second kappa shape index (κ2) is 10.2. The molecule has 1 N–H and O–H groups in total. The number of rotatable bonds is 9. The molecule has 1 saturated heterocycles. The second-order valence-electron chi connectivity index (χ2n) is 8.11. The van der Waals surface area contributed by atoms with Crippen molar-refractivity contribution < 1.29 is 0 Å². The molecule has 0 amide bonds. The fraction of sp³-hybridized carbons (Fsp3) is 0.714. The molecule has 1 aromatic carbocycles. The topological polar surface area (TPSA) is 18.5 Å². The van der Waals surface area contributed by atoms with Crippen molar-refractivity contribution in [3.05, 3.63) is 35.9 Å². The zero-order chi connectivity index (χ0) is 17.4. The number of piperidine rings is 1. The summed E-state index contributed by atoms with van der Waals surface area (Å²) in [5.41, 5.74) is 1.46. The summed E-state index contributed by atoms with van der Waals surface area (Å²) in [5.74, 6) is 0.758. The van der Waals surface area contributed by atoms with Crippen molar-refractivity contribution in [2.45, 2.75) is 51.6 Å². The zero-order valence-electron chi connectivity index (χ0n) is 16.2. The Balaban J connectivity index is 1.70. The predicted molar refractivity (Wildman–Crippen MR) is 105 cm³/mol. The molecular weight excluding hydrogens is 294 g/mol. The molecule has 0 aromatic heterocycles. The van der Waals surface area contributed by atoms with E-state index in [0.717, 1.165) is 12.5 Å². The van der Waals surface area contributed by atoms with Gasteiger partial charge in [0.15, 0.2) is 0 Å². The number of nitrogens with one attached hydrogen (secondary N) is 1. The molecule has 1 aliphatic heterocycles. The van der Waals surface area contributed by atoms with Crippen LogP contribution < -0.4 is 5.32 Å². The van der Waals surface area contributed by atoms with Crippen LogP contribution in [-0.4, -0.2) is 62.2 Å². The van der Waals surface area contributed by atoms with Crippen LogP contribution in [0.3, 0.4) is 0 Å². The summed E-state index contributed by atoms with van der Waals surface area (Å²) in [5, 5.41) is 3.94. The Morgan fingerprint density at radius 1 is 1.12 bits per heavy atom. The molecule has 1 aromatic rings. The molecule has 0 aliphatic carbocycles. The van der Waals surface area contributed by atoms with Gasteiger partial charge in [0.05, 0.1) is 0 Å². The molecule has 1 unspecified atom stereocenters. The van der Waals surface area contributed by atoms with E-state index in [-0.39, 0.29) is 0 Å². The molecule has 0 radical (unpaired) electrons. The first-order chi connectivity index (χ1) is 11.5. The molecule has 136 valence electrons. The molecule has 1 heterocycles. The molecule has 3 heteroatoms. The maximum Gasteiger partial charge on any atom is 0.0199 e. The first-order valence-electron chi connectivity index (χ1n) is 9.70. The molecule has 24 heavy (non-hydrogen) atoms. The monoisotopic (exact) mass is 331 g/mol. The van der Waals surface area contributed by atoms with Gasteiger partial charge in [0.25, 0.3) is 0 Å². The van der Waals surface area contributed by atoms with Gasteiger partial charge in [0.1, 0.15) is 0 Å². The summed E-state index contributed by atoms with van der Waals surface area (Å²) in [6.45, 7) is 9.48. The van der Waals surface area contributed by atoms with Crippen LogP contribution in [0.5, 0.6) is 0 Å². The number of nitrogens with zero attached hydrogens (tertiary/aromatic N) is 2. The van der Waals surface area contributed by atoms with E-state index >= 15 is 0 Å². The molecule has 0 spiro atoms. The Labute approximate surface area is 149 Å². The molecule has 1 aliphatic rings. The third-order valence-electron chi connectivity index (χ3n) is 4.96. The molecule has 2 rings (SSSR count). The van der Waals surface area contributed by atoms with Crippen molar-refractivity contribution in [3.63, 3.8) is 0 Å². The van der Waals surface area contributed by atoms with Crippen LogP contribution in [0.25, 0.3) is 0 Å². The maximum atomic E-state index is 3.94. The minimum Gasteiger partial charge on any atom is -0.310 e. The first kappa shape index (κ1) is 19.4. The smallest absolute Gasteiger partial charge is 0.0199 e. The van der Waals surface area contributed by atoms with Crippen molar-refractivity contribution >= 4 is 0 Å². The summed E-state index contributed by atoms with van der Waals surface area (Å²) in [4.78, 5) is 4.95. The average molecular weight is 332 g/mol. The van der Waals surface area contributed by atoms with Gasteiger partial charge in [-0.15, -0.1) is 0 Å². The second-order valence-corrected chi connectivity index (χ2v) is 8.11. The summed E-state index contributed by atoms with van der Waals surface area (Å²) in [7, 11) is 4.36. The molecule has 1 atom stereocenters. The minimum atomic E-state index is 0.626. The molecular formula is C21H37N3. The van der Waals surface area contributed by atoms with Gasteiger partial charge in [-0.05, 0) is 64.3 Å². The Bertz CT molecular complexity index is 426. The summed E-state index contributed by atoms with van der Waals surface area (Å²) >= 11 is 0. The van der Waals surface area contributed by atoms with Crippen LogP contribution in [0.2, 0.25) is 0 Å². The molecule has 1 fully saturated rings. The van der Waals surface area contributed by atoms with Crippen molar-refractivity contribution in [2.24, 2.45) is 5.92 Å². The Morgan fingerprint density at radius 3 is 2.38 bits per heavy atom. The van der Waals surface area contributed by atoms with Gasteiger partial charge in [-0.2, -0.15) is 0 Å². The van der Waals surface area contributed by atoms with Crippen molar-refractivity contribution in [2.75, 3.05) is 40.3 Å². The van der Waals surface area contributed by atoms with Crippen LogP contribution in [0.1, 0.15) is 38.7 Å². The van der Waals surface area contributed by atoms with Crippen molar-refractivity contribution in [1.82, 2.24) is 15.1 Å². The van der Waals surface area contributed by atoms with E-state index in [1.807, 2.05) is 0 Å². The van der Waals surface area contributed by atoms with Crippen LogP contribution >= 0.6 is 0 Å². The number of hydrogen-bond acceptors (Lipinski definition) is 3. The summed E-state index contributed by atoms with van der Waals surface area (Å²) in [6, 6.07) is 12.2. The standard InChI is InChI=1S/C21H37N3/c1-18(2)16-21(17-23(3)4)22-20-11-14-24(15-12-20)13-10-19-8-6-5-7-9-19/h5-9,18,20-22H,10-17H2,1-4H3. The van der Waals surface area contributed by atoms with E-state index in [0.29, 0.717) is 12.1 Å². The van der Waals surface area contributed by atoms with Crippen molar-refractivity contribution in [3.8, 4) is 0 Å². The van der Waals surface area contributed by atoms with E-state index in [1.165, 1.54) is 50.9 Å². The summed E-state index contributed by atoms with van der Waals surface area (Å²) in [6.07, 6.45) is 5.02. The normalized spacial score (nSPS) is 18.4. The van der Waals surface area contributed by atoms with E-state index in [9.17, 15) is 0 Å².